The first-order valence-corrected chi connectivity index (χ1v) is 10.6. The van der Waals surface area contributed by atoms with Crippen LogP contribution in [-0.2, 0) is 11.3 Å². The molecular weight excluding hydrogens is 384 g/mol. The van der Waals surface area contributed by atoms with Gasteiger partial charge in [0.15, 0.2) is 0 Å². The maximum Gasteiger partial charge on any atom is 0.261 e. The Morgan fingerprint density at radius 1 is 1.07 bits per heavy atom. The van der Waals surface area contributed by atoms with Gasteiger partial charge in [-0.25, -0.2) is 9.97 Å². The van der Waals surface area contributed by atoms with E-state index in [1.54, 1.807) is 23.5 Å². The van der Waals surface area contributed by atoms with E-state index in [4.69, 9.17) is 4.98 Å². The average Bonchev–Trinajstić information content (AvgIpc) is 3.20. The molecule has 0 bridgehead atoms. The van der Waals surface area contributed by atoms with E-state index in [0.717, 1.165) is 34.5 Å². The third-order valence-electron chi connectivity index (χ3n) is 5.46. The number of thiazole rings is 1. The number of hydrogen-bond acceptors (Lipinski definition) is 5. The van der Waals surface area contributed by atoms with Gasteiger partial charge in [0.05, 0.1) is 33.5 Å². The Balaban J connectivity index is 1.44. The third kappa shape index (κ3) is 3.31. The average molecular weight is 404 g/mol. The number of carbonyl (C=O) groups is 1. The lowest BCUT2D eigenvalue weighted by Gasteiger charge is -2.34. The molecule has 0 spiro atoms. The summed E-state index contributed by atoms with van der Waals surface area (Å²) in [4.78, 5) is 36.9. The Labute approximate surface area is 171 Å². The van der Waals surface area contributed by atoms with Gasteiger partial charge in [0.2, 0.25) is 5.91 Å². The van der Waals surface area contributed by atoms with Gasteiger partial charge in [-0.15, -0.1) is 11.3 Å². The van der Waals surface area contributed by atoms with Gasteiger partial charge in [0, 0.05) is 6.54 Å². The van der Waals surface area contributed by atoms with Crippen LogP contribution in [0.15, 0.2) is 59.7 Å². The number of likely N-dealkylation sites (tertiary alicyclic amines) is 1. The Hall–Kier alpha value is -3.06. The largest absolute Gasteiger partial charge is 0.332 e. The molecule has 1 atom stereocenters. The number of benzene rings is 2. The lowest BCUT2D eigenvalue weighted by molar-refractivity contribution is -0.135. The fourth-order valence-electron chi connectivity index (χ4n) is 3.97. The fraction of sp³-hybridized carbons (Fsp3) is 0.273. The number of para-hydroxylation sites is 2. The summed E-state index contributed by atoms with van der Waals surface area (Å²) in [6.45, 7) is 0.688. The van der Waals surface area contributed by atoms with Crippen molar-refractivity contribution >= 4 is 38.4 Å². The first kappa shape index (κ1) is 18.0. The Morgan fingerprint density at radius 2 is 1.86 bits per heavy atom. The zero-order valence-corrected chi connectivity index (χ0v) is 16.6. The van der Waals surface area contributed by atoms with Gasteiger partial charge in [-0.1, -0.05) is 24.3 Å². The van der Waals surface area contributed by atoms with E-state index in [1.807, 2.05) is 35.2 Å². The molecule has 1 amide bonds. The summed E-state index contributed by atoms with van der Waals surface area (Å²) >= 11 is 1.65. The predicted molar refractivity (Wildman–Crippen MR) is 114 cm³/mol. The van der Waals surface area contributed by atoms with E-state index in [1.165, 1.54) is 10.9 Å². The maximum absolute atomic E-state index is 13.2. The highest BCUT2D eigenvalue weighted by Crippen LogP contribution is 2.35. The number of aromatic nitrogens is 3. The highest BCUT2D eigenvalue weighted by molar-refractivity contribution is 7.18. The molecule has 5 rings (SSSR count). The van der Waals surface area contributed by atoms with Gasteiger partial charge >= 0.3 is 0 Å². The monoisotopic (exact) mass is 404 g/mol. The number of piperidine rings is 1. The second-order valence-corrected chi connectivity index (χ2v) is 8.38. The number of rotatable bonds is 3. The molecule has 0 unspecified atom stereocenters. The molecule has 0 saturated carbocycles. The van der Waals surface area contributed by atoms with Crippen LogP contribution in [0.2, 0.25) is 0 Å². The van der Waals surface area contributed by atoms with Crippen LogP contribution >= 0.6 is 11.3 Å². The van der Waals surface area contributed by atoms with Gasteiger partial charge < -0.3 is 4.90 Å². The quantitative estimate of drug-likeness (QED) is 0.521. The van der Waals surface area contributed by atoms with E-state index < -0.39 is 0 Å². The van der Waals surface area contributed by atoms with Gasteiger partial charge in [0.25, 0.3) is 5.56 Å². The van der Waals surface area contributed by atoms with Crippen LogP contribution < -0.4 is 5.56 Å². The maximum atomic E-state index is 13.2. The summed E-state index contributed by atoms with van der Waals surface area (Å²) < 4.78 is 2.55. The van der Waals surface area contributed by atoms with Crippen molar-refractivity contribution in [2.24, 2.45) is 0 Å². The fourth-order valence-corrected chi connectivity index (χ4v) is 5.09. The number of fused-ring (bicyclic) bond motifs is 2. The summed E-state index contributed by atoms with van der Waals surface area (Å²) in [7, 11) is 0. The number of carbonyl (C=O) groups excluding carboxylic acids is 1. The molecule has 7 heteroatoms. The van der Waals surface area contributed by atoms with E-state index in [-0.39, 0.29) is 24.1 Å². The molecule has 1 fully saturated rings. The van der Waals surface area contributed by atoms with Crippen molar-refractivity contribution in [2.75, 3.05) is 6.54 Å². The molecule has 0 aliphatic carbocycles. The van der Waals surface area contributed by atoms with E-state index in [0.29, 0.717) is 17.4 Å². The van der Waals surface area contributed by atoms with Crippen LogP contribution in [0.1, 0.15) is 30.3 Å². The standard InChI is InChI=1S/C22H20N4O2S/c27-20(13-25-14-23-16-8-2-1-7-15(16)22(25)28)26-12-6-5-10-18(26)21-24-17-9-3-4-11-19(17)29-21/h1-4,7-9,11,14,18H,5-6,10,12-13H2/t18-/m0/s1. The first-order chi connectivity index (χ1) is 14.2. The van der Waals surface area contributed by atoms with E-state index in [9.17, 15) is 9.59 Å². The minimum absolute atomic E-state index is 0.00192. The highest BCUT2D eigenvalue weighted by Gasteiger charge is 2.30. The van der Waals surface area contributed by atoms with Gasteiger partial charge in [-0.2, -0.15) is 0 Å². The second-order valence-electron chi connectivity index (χ2n) is 7.31. The van der Waals surface area contributed by atoms with E-state index >= 15 is 0 Å². The molecule has 3 heterocycles. The molecule has 29 heavy (non-hydrogen) atoms. The summed E-state index contributed by atoms with van der Waals surface area (Å²) in [6, 6.07) is 15.2. The smallest absolute Gasteiger partial charge is 0.261 e. The Morgan fingerprint density at radius 3 is 2.72 bits per heavy atom. The number of amides is 1. The van der Waals surface area contributed by atoms with E-state index in [2.05, 4.69) is 11.1 Å². The zero-order valence-electron chi connectivity index (χ0n) is 15.8. The van der Waals surface area contributed by atoms with Crippen molar-refractivity contribution in [3.63, 3.8) is 0 Å². The summed E-state index contributed by atoms with van der Waals surface area (Å²) in [5.74, 6) is -0.0619. The van der Waals surface area contributed by atoms with Crippen LogP contribution in [0.25, 0.3) is 21.1 Å². The molecule has 1 aliphatic rings. The van der Waals surface area contributed by atoms with Gasteiger partial charge in [-0.3, -0.25) is 14.2 Å². The van der Waals surface area contributed by atoms with Crippen molar-refractivity contribution in [3.05, 3.63) is 70.2 Å². The Bertz CT molecular complexity index is 1230. The summed E-state index contributed by atoms with van der Waals surface area (Å²) in [5.41, 5.74) is 1.43. The molecule has 146 valence electrons. The van der Waals surface area contributed by atoms with Crippen LogP contribution in [-0.4, -0.2) is 31.9 Å². The molecule has 1 saturated heterocycles. The van der Waals surface area contributed by atoms with Crippen LogP contribution in [0.5, 0.6) is 0 Å². The Kier molecular flexibility index (Phi) is 4.60. The zero-order chi connectivity index (χ0) is 19.8. The molecule has 6 nitrogen and oxygen atoms in total. The third-order valence-corrected chi connectivity index (χ3v) is 6.59. The number of hydrogen-bond donors (Lipinski definition) is 0. The molecule has 0 N–H and O–H groups in total. The topological polar surface area (TPSA) is 68.1 Å². The predicted octanol–water partition coefficient (Wildman–Crippen LogP) is 3.76. The minimum atomic E-state index is -0.183. The number of nitrogens with zero attached hydrogens (tertiary/aromatic N) is 4. The minimum Gasteiger partial charge on any atom is -0.332 e. The lowest BCUT2D eigenvalue weighted by atomic mass is 10.0. The summed E-state index contributed by atoms with van der Waals surface area (Å²) in [5, 5.41) is 1.51. The van der Waals surface area contributed by atoms with Crippen LogP contribution in [0.4, 0.5) is 0 Å². The van der Waals surface area contributed by atoms with Gasteiger partial charge in [0.1, 0.15) is 11.6 Å². The first-order valence-electron chi connectivity index (χ1n) is 9.80. The van der Waals surface area contributed by atoms with Crippen LogP contribution in [0.3, 0.4) is 0 Å². The summed E-state index contributed by atoms with van der Waals surface area (Å²) in [6.07, 6.45) is 4.41. The molecule has 4 aromatic rings. The molecule has 0 radical (unpaired) electrons. The van der Waals surface area contributed by atoms with Crippen molar-refractivity contribution < 1.29 is 4.79 Å². The van der Waals surface area contributed by atoms with Crippen molar-refractivity contribution in [3.8, 4) is 0 Å². The second kappa shape index (κ2) is 7.40. The van der Waals surface area contributed by atoms with Gasteiger partial charge in [-0.05, 0) is 43.5 Å². The van der Waals surface area contributed by atoms with Crippen molar-refractivity contribution in [1.82, 2.24) is 19.4 Å². The molecule has 1 aliphatic heterocycles. The van der Waals surface area contributed by atoms with Crippen molar-refractivity contribution in [1.29, 1.82) is 0 Å². The highest BCUT2D eigenvalue weighted by atomic mass is 32.1. The lowest BCUT2D eigenvalue weighted by Crippen LogP contribution is -2.41. The molecular formula is C22H20N4O2S. The molecule has 2 aromatic carbocycles. The van der Waals surface area contributed by atoms with Crippen LogP contribution in [0, 0.1) is 0 Å². The normalized spacial score (nSPS) is 17.1. The van der Waals surface area contributed by atoms with Crippen molar-refractivity contribution in [2.45, 2.75) is 31.8 Å². The molecule has 2 aromatic heterocycles. The SMILES string of the molecule is O=C(Cn1cnc2ccccc2c1=O)N1CCCC[C@H]1c1nc2ccccc2s1.